The van der Waals surface area contributed by atoms with Crippen molar-refractivity contribution in [2.45, 2.75) is 19.4 Å². The largest absolute Gasteiger partial charge is 0.481 e. The molecule has 0 aliphatic carbocycles. The third-order valence-electron chi connectivity index (χ3n) is 3.21. The van der Waals surface area contributed by atoms with Gasteiger partial charge in [0.05, 0.1) is 12.5 Å². The normalized spacial score (nSPS) is 19.1. The average molecular weight is 327 g/mol. The number of nitrogens with zero attached hydrogens (tertiary/aromatic N) is 2. The first-order valence-electron chi connectivity index (χ1n) is 5.92. The van der Waals surface area contributed by atoms with Gasteiger partial charge in [-0.05, 0) is 30.7 Å². The van der Waals surface area contributed by atoms with Crippen LogP contribution in [0.15, 0.2) is 22.7 Å². The molecule has 1 fully saturated rings. The highest BCUT2D eigenvalue weighted by atomic mass is 79.9. The molecule has 1 N–H and O–H groups in total. The summed E-state index contributed by atoms with van der Waals surface area (Å²) in [6.45, 7) is 2.34. The second-order valence-electron chi connectivity index (χ2n) is 4.72. The lowest BCUT2D eigenvalue weighted by Crippen LogP contribution is -2.36. The Hall–Kier alpha value is -1.56. The van der Waals surface area contributed by atoms with Crippen LogP contribution in [0.3, 0.4) is 0 Å². The summed E-state index contributed by atoms with van der Waals surface area (Å²) in [4.78, 5) is 26.2. The number of hydrogen-bond donors (Lipinski definition) is 1. The van der Waals surface area contributed by atoms with Crippen molar-refractivity contribution in [1.29, 1.82) is 0 Å². The molecule has 1 saturated heterocycles. The van der Waals surface area contributed by atoms with Crippen LogP contribution in [-0.2, 0) is 4.79 Å². The maximum atomic E-state index is 12.2. The van der Waals surface area contributed by atoms with Crippen LogP contribution < -0.4 is 4.90 Å². The molecular weight excluding hydrogens is 312 g/mol. The van der Waals surface area contributed by atoms with Crippen molar-refractivity contribution < 1.29 is 14.7 Å². The predicted molar refractivity (Wildman–Crippen MR) is 75.4 cm³/mol. The van der Waals surface area contributed by atoms with Gasteiger partial charge >= 0.3 is 12.0 Å². The quantitative estimate of drug-likeness (QED) is 0.928. The molecule has 1 aliphatic heterocycles. The number of likely N-dealkylation sites (N-methyl/N-ethyl adjacent to an activating group) is 1. The molecule has 0 radical (unpaired) electrons. The molecule has 1 atom stereocenters. The van der Waals surface area contributed by atoms with E-state index in [-0.39, 0.29) is 18.5 Å². The van der Waals surface area contributed by atoms with E-state index in [1.54, 1.807) is 16.8 Å². The second kappa shape index (κ2) is 5.21. The van der Waals surface area contributed by atoms with Crippen LogP contribution in [0.2, 0.25) is 0 Å². The molecule has 19 heavy (non-hydrogen) atoms. The molecule has 0 saturated carbocycles. The first kappa shape index (κ1) is 13.9. The number of aliphatic carboxylic acids is 1. The van der Waals surface area contributed by atoms with E-state index in [4.69, 9.17) is 5.11 Å². The van der Waals surface area contributed by atoms with Gasteiger partial charge in [0.1, 0.15) is 0 Å². The number of anilines is 1. The van der Waals surface area contributed by atoms with Gasteiger partial charge in [0.15, 0.2) is 0 Å². The van der Waals surface area contributed by atoms with Crippen molar-refractivity contribution >= 4 is 33.6 Å². The van der Waals surface area contributed by atoms with E-state index in [0.717, 1.165) is 15.7 Å². The molecule has 1 heterocycles. The zero-order chi connectivity index (χ0) is 14.2. The predicted octanol–water partition coefficient (Wildman–Crippen LogP) is 2.47. The molecule has 1 aromatic carbocycles. The highest BCUT2D eigenvalue weighted by molar-refractivity contribution is 9.10. The first-order chi connectivity index (χ1) is 8.90. The van der Waals surface area contributed by atoms with Gasteiger partial charge in [0.2, 0.25) is 0 Å². The van der Waals surface area contributed by atoms with Crippen LogP contribution in [-0.4, -0.2) is 41.6 Å². The van der Waals surface area contributed by atoms with Gasteiger partial charge in [-0.3, -0.25) is 9.69 Å². The standard InChI is InChI=1S/C13H15BrN2O3/c1-8-5-9(14)3-4-11(8)16-10(6-12(17)18)7-15(2)13(16)19/h3-5,10H,6-7H2,1-2H3,(H,17,18). The number of urea groups is 1. The zero-order valence-corrected chi connectivity index (χ0v) is 12.3. The number of hydrogen-bond acceptors (Lipinski definition) is 2. The monoisotopic (exact) mass is 326 g/mol. The summed E-state index contributed by atoms with van der Waals surface area (Å²) in [5.74, 6) is -0.895. The molecule has 1 aromatic rings. The molecule has 1 aliphatic rings. The molecule has 6 heteroatoms. The number of carboxylic acids is 1. The van der Waals surface area contributed by atoms with E-state index >= 15 is 0 Å². The summed E-state index contributed by atoms with van der Waals surface area (Å²) in [7, 11) is 1.69. The topological polar surface area (TPSA) is 60.9 Å². The highest BCUT2D eigenvalue weighted by Gasteiger charge is 2.37. The fraction of sp³-hybridized carbons (Fsp3) is 0.385. The second-order valence-corrected chi connectivity index (χ2v) is 5.63. The van der Waals surface area contributed by atoms with Crippen LogP contribution in [0.5, 0.6) is 0 Å². The van der Waals surface area contributed by atoms with E-state index in [2.05, 4.69) is 15.9 Å². The summed E-state index contributed by atoms with van der Waals surface area (Å²) >= 11 is 3.38. The molecule has 1 unspecified atom stereocenters. The van der Waals surface area contributed by atoms with E-state index < -0.39 is 5.97 Å². The number of halogens is 1. The van der Waals surface area contributed by atoms with E-state index in [9.17, 15) is 9.59 Å². The summed E-state index contributed by atoms with van der Waals surface area (Å²) in [5, 5.41) is 8.96. The van der Waals surface area contributed by atoms with Crippen molar-refractivity contribution in [3.05, 3.63) is 28.2 Å². The summed E-state index contributed by atoms with van der Waals surface area (Å²) in [5.41, 5.74) is 1.71. The van der Waals surface area contributed by atoms with Crippen LogP contribution in [0.4, 0.5) is 10.5 Å². The third kappa shape index (κ3) is 2.73. The molecule has 0 bridgehead atoms. The number of carbonyl (C=O) groups is 2. The fourth-order valence-corrected chi connectivity index (χ4v) is 2.84. The summed E-state index contributed by atoms with van der Waals surface area (Å²) < 4.78 is 0.934. The van der Waals surface area contributed by atoms with Crippen LogP contribution in [0.25, 0.3) is 0 Å². The molecule has 5 nitrogen and oxygen atoms in total. The Morgan fingerprint density at radius 1 is 1.53 bits per heavy atom. The minimum absolute atomic E-state index is 0.0500. The van der Waals surface area contributed by atoms with Crippen molar-refractivity contribution in [3.63, 3.8) is 0 Å². The van der Waals surface area contributed by atoms with Gasteiger partial charge in [-0.1, -0.05) is 15.9 Å². The first-order valence-corrected chi connectivity index (χ1v) is 6.71. The molecule has 0 spiro atoms. The summed E-state index contributed by atoms with van der Waals surface area (Å²) in [6.07, 6.45) is -0.0500. The van der Waals surface area contributed by atoms with Gasteiger partial charge in [-0.2, -0.15) is 0 Å². The smallest absolute Gasteiger partial charge is 0.324 e. The minimum Gasteiger partial charge on any atom is -0.481 e. The molecule has 2 rings (SSSR count). The Morgan fingerprint density at radius 2 is 2.21 bits per heavy atom. The number of carboxylic acid groups (broad SMARTS) is 1. The van der Waals surface area contributed by atoms with Crippen LogP contribution in [0, 0.1) is 6.92 Å². The lowest BCUT2D eigenvalue weighted by Gasteiger charge is -2.24. The van der Waals surface area contributed by atoms with Gasteiger partial charge in [-0.25, -0.2) is 4.79 Å². The molecule has 2 amide bonds. The number of benzene rings is 1. The van der Waals surface area contributed by atoms with Crippen molar-refractivity contribution in [2.24, 2.45) is 0 Å². The van der Waals surface area contributed by atoms with Gasteiger partial charge in [0, 0.05) is 23.8 Å². The van der Waals surface area contributed by atoms with Crippen molar-refractivity contribution in [2.75, 3.05) is 18.5 Å². The van der Waals surface area contributed by atoms with Crippen molar-refractivity contribution in [3.8, 4) is 0 Å². The maximum Gasteiger partial charge on any atom is 0.324 e. The zero-order valence-electron chi connectivity index (χ0n) is 10.8. The number of amides is 2. The van der Waals surface area contributed by atoms with E-state index in [1.807, 2.05) is 25.1 Å². The third-order valence-corrected chi connectivity index (χ3v) is 3.70. The van der Waals surface area contributed by atoms with Gasteiger partial charge in [-0.15, -0.1) is 0 Å². The maximum absolute atomic E-state index is 12.2. The average Bonchev–Trinajstić information content (AvgIpc) is 2.55. The molecule has 0 aromatic heterocycles. The van der Waals surface area contributed by atoms with E-state index in [0.29, 0.717) is 6.54 Å². The molecule has 102 valence electrons. The fourth-order valence-electron chi connectivity index (χ4n) is 2.36. The van der Waals surface area contributed by atoms with Gasteiger partial charge < -0.3 is 10.0 Å². The number of aryl methyl sites for hydroxylation is 1. The van der Waals surface area contributed by atoms with Crippen LogP contribution >= 0.6 is 15.9 Å². The highest BCUT2D eigenvalue weighted by Crippen LogP contribution is 2.30. The minimum atomic E-state index is -0.895. The lowest BCUT2D eigenvalue weighted by atomic mass is 10.1. The van der Waals surface area contributed by atoms with Gasteiger partial charge in [0.25, 0.3) is 0 Å². The van der Waals surface area contributed by atoms with E-state index in [1.165, 1.54) is 0 Å². The number of carbonyl (C=O) groups excluding carboxylic acids is 1. The Labute approximate surface area is 119 Å². The summed E-state index contributed by atoms with van der Waals surface area (Å²) in [6, 6.07) is 5.13. The number of rotatable bonds is 3. The molecular formula is C13H15BrN2O3. The Morgan fingerprint density at radius 3 is 2.79 bits per heavy atom. The lowest BCUT2D eigenvalue weighted by molar-refractivity contribution is -0.137. The Bertz CT molecular complexity index is 533. The Balaban J connectivity index is 2.38. The Kier molecular flexibility index (Phi) is 3.80. The van der Waals surface area contributed by atoms with Crippen LogP contribution in [0.1, 0.15) is 12.0 Å². The SMILES string of the molecule is Cc1cc(Br)ccc1N1C(=O)N(C)CC1CC(=O)O. The van der Waals surface area contributed by atoms with Crippen molar-refractivity contribution in [1.82, 2.24) is 4.90 Å².